The lowest BCUT2D eigenvalue weighted by Gasteiger charge is -2.08. The smallest absolute Gasteiger partial charge is 0.250 e. The van der Waals surface area contributed by atoms with E-state index in [2.05, 4.69) is 11.6 Å². The Morgan fingerprint density at radius 2 is 2.29 bits per heavy atom. The second-order valence-corrected chi connectivity index (χ2v) is 7.85. The van der Waals surface area contributed by atoms with Gasteiger partial charge in [0.05, 0.1) is 6.61 Å². The summed E-state index contributed by atoms with van der Waals surface area (Å²) in [5.41, 5.74) is 0.632. The lowest BCUT2D eigenvalue weighted by molar-refractivity contribution is 0.282. The van der Waals surface area contributed by atoms with E-state index >= 15 is 0 Å². The van der Waals surface area contributed by atoms with Crippen molar-refractivity contribution in [3.63, 3.8) is 0 Å². The summed E-state index contributed by atoms with van der Waals surface area (Å²) in [6, 6.07) is 1.50. The summed E-state index contributed by atoms with van der Waals surface area (Å²) >= 11 is 2.84. The van der Waals surface area contributed by atoms with Crippen molar-refractivity contribution in [1.82, 2.24) is 4.72 Å². The Balaban J connectivity index is 2.56. The maximum absolute atomic E-state index is 11.8. The van der Waals surface area contributed by atoms with Gasteiger partial charge >= 0.3 is 0 Å². The Bertz CT molecular complexity index is 441. The van der Waals surface area contributed by atoms with Gasteiger partial charge in [-0.2, -0.15) is 11.8 Å². The molecule has 0 radical (unpaired) electrons. The van der Waals surface area contributed by atoms with Crippen LogP contribution in [0.25, 0.3) is 0 Å². The minimum atomic E-state index is -3.41. The molecule has 1 aromatic heterocycles. The van der Waals surface area contributed by atoms with E-state index < -0.39 is 10.0 Å². The average molecular weight is 295 g/mol. The molecule has 1 aromatic rings. The zero-order valence-electron chi connectivity index (χ0n) is 9.84. The Labute approximate surface area is 110 Å². The fourth-order valence-electron chi connectivity index (χ4n) is 1.16. The molecule has 98 valence electrons. The van der Waals surface area contributed by atoms with Crippen molar-refractivity contribution in [1.29, 1.82) is 0 Å². The van der Waals surface area contributed by atoms with Crippen LogP contribution in [0.15, 0.2) is 15.7 Å². The van der Waals surface area contributed by atoms with Gasteiger partial charge < -0.3 is 5.11 Å². The molecule has 0 aliphatic carbocycles. The standard InChI is InChI=1S/C10H17NO3S3/c1-8(15-2)3-4-11-17(13,14)10-5-9(6-12)7-16-10/h5,7-8,11-12H,3-4,6H2,1-2H3. The molecule has 0 bridgehead atoms. The minimum Gasteiger partial charge on any atom is -0.392 e. The molecular formula is C10H17NO3S3. The minimum absolute atomic E-state index is 0.129. The molecule has 4 nitrogen and oxygen atoms in total. The molecule has 1 unspecified atom stereocenters. The fourth-order valence-corrected chi connectivity index (χ4v) is 3.81. The Kier molecular flexibility index (Phi) is 5.94. The molecule has 17 heavy (non-hydrogen) atoms. The molecule has 1 heterocycles. The Morgan fingerprint density at radius 1 is 1.59 bits per heavy atom. The molecule has 0 saturated heterocycles. The molecule has 0 aromatic carbocycles. The summed E-state index contributed by atoms with van der Waals surface area (Å²) in [4.78, 5) is 0. The molecule has 0 fully saturated rings. The monoisotopic (exact) mass is 295 g/mol. The molecular weight excluding hydrogens is 278 g/mol. The quantitative estimate of drug-likeness (QED) is 0.803. The summed E-state index contributed by atoms with van der Waals surface area (Å²) in [6.07, 6.45) is 2.81. The van der Waals surface area contributed by atoms with Crippen molar-refractivity contribution in [3.8, 4) is 0 Å². The first-order chi connectivity index (χ1) is 7.99. The SMILES string of the molecule is CSC(C)CCNS(=O)(=O)c1cc(CO)cs1. The predicted molar refractivity (Wildman–Crippen MR) is 73.0 cm³/mol. The molecule has 0 amide bonds. The van der Waals surface area contributed by atoms with Crippen molar-refractivity contribution in [2.75, 3.05) is 12.8 Å². The summed E-state index contributed by atoms with van der Waals surface area (Å²) in [5, 5.41) is 11.0. The van der Waals surface area contributed by atoms with Gasteiger partial charge in [0.2, 0.25) is 10.0 Å². The van der Waals surface area contributed by atoms with Crippen molar-refractivity contribution in [2.24, 2.45) is 0 Å². The van der Waals surface area contributed by atoms with E-state index in [1.807, 2.05) is 6.26 Å². The van der Waals surface area contributed by atoms with Crippen LogP contribution in [0, 0.1) is 0 Å². The van der Waals surface area contributed by atoms with E-state index in [-0.39, 0.29) is 10.8 Å². The van der Waals surface area contributed by atoms with Crippen LogP contribution in [0.4, 0.5) is 0 Å². The number of thioether (sulfide) groups is 1. The van der Waals surface area contributed by atoms with Crippen molar-refractivity contribution in [3.05, 3.63) is 17.0 Å². The van der Waals surface area contributed by atoms with Gasteiger partial charge in [0, 0.05) is 11.8 Å². The van der Waals surface area contributed by atoms with Gasteiger partial charge in [0.1, 0.15) is 4.21 Å². The van der Waals surface area contributed by atoms with Crippen LogP contribution in [0.3, 0.4) is 0 Å². The van der Waals surface area contributed by atoms with Gasteiger partial charge in [-0.15, -0.1) is 11.3 Å². The molecule has 0 saturated carbocycles. The van der Waals surface area contributed by atoms with Gasteiger partial charge in [-0.3, -0.25) is 0 Å². The first kappa shape index (κ1) is 15.0. The summed E-state index contributed by atoms with van der Waals surface area (Å²) in [7, 11) is -3.41. The summed E-state index contributed by atoms with van der Waals surface area (Å²) < 4.78 is 26.5. The van der Waals surface area contributed by atoms with Crippen LogP contribution < -0.4 is 4.72 Å². The molecule has 2 N–H and O–H groups in total. The van der Waals surface area contributed by atoms with Crippen LogP contribution in [-0.2, 0) is 16.6 Å². The van der Waals surface area contributed by atoms with Crippen LogP contribution in [-0.4, -0.2) is 31.6 Å². The number of aliphatic hydroxyl groups excluding tert-OH is 1. The Morgan fingerprint density at radius 3 is 2.82 bits per heavy atom. The van der Waals surface area contributed by atoms with E-state index in [0.29, 0.717) is 17.4 Å². The van der Waals surface area contributed by atoms with E-state index in [1.54, 1.807) is 17.1 Å². The van der Waals surface area contributed by atoms with E-state index in [4.69, 9.17) is 5.11 Å². The third kappa shape index (κ3) is 4.59. The van der Waals surface area contributed by atoms with Crippen LogP contribution in [0.5, 0.6) is 0 Å². The molecule has 7 heteroatoms. The molecule has 1 atom stereocenters. The van der Waals surface area contributed by atoms with Crippen molar-refractivity contribution >= 4 is 33.1 Å². The topological polar surface area (TPSA) is 66.4 Å². The lowest BCUT2D eigenvalue weighted by Crippen LogP contribution is -2.25. The second kappa shape index (κ2) is 6.75. The highest BCUT2D eigenvalue weighted by atomic mass is 32.2. The van der Waals surface area contributed by atoms with Crippen LogP contribution >= 0.6 is 23.1 Å². The molecule has 0 aliphatic heterocycles. The number of hydrogen-bond acceptors (Lipinski definition) is 5. The second-order valence-electron chi connectivity index (χ2n) is 3.66. The van der Waals surface area contributed by atoms with E-state index in [0.717, 1.165) is 17.8 Å². The van der Waals surface area contributed by atoms with Crippen molar-refractivity contribution < 1.29 is 13.5 Å². The van der Waals surface area contributed by atoms with Gasteiger partial charge in [-0.05, 0) is 29.7 Å². The van der Waals surface area contributed by atoms with Crippen molar-refractivity contribution in [2.45, 2.75) is 29.4 Å². The average Bonchev–Trinajstić information content (AvgIpc) is 2.77. The maximum Gasteiger partial charge on any atom is 0.250 e. The third-order valence-electron chi connectivity index (χ3n) is 2.32. The number of aliphatic hydroxyl groups is 1. The number of sulfonamides is 1. The lowest BCUT2D eigenvalue weighted by atomic mass is 10.3. The molecule has 1 rings (SSSR count). The van der Waals surface area contributed by atoms with Gasteiger partial charge in [-0.25, -0.2) is 13.1 Å². The Hall–Kier alpha value is -0.0800. The van der Waals surface area contributed by atoms with Gasteiger partial charge in [0.15, 0.2) is 0 Å². The summed E-state index contributed by atoms with van der Waals surface area (Å²) in [6.45, 7) is 2.38. The maximum atomic E-state index is 11.8. The van der Waals surface area contributed by atoms with Crippen LogP contribution in [0.1, 0.15) is 18.9 Å². The predicted octanol–water partition coefficient (Wildman–Crippen LogP) is 1.66. The zero-order valence-corrected chi connectivity index (χ0v) is 12.3. The van der Waals surface area contributed by atoms with Crippen LogP contribution in [0.2, 0.25) is 0 Å². The highest BCUT2D eigenvalue weighted by molar-refractivity contribution is 7.99. The number of thiophene rings is 1. The summed E-state index contributed by atoms with van der Waals surface area (Å²) in [5.74, 6) is 0. The third-order valence-corrected chi connectivity index (χ3v) is 6.31. The highest BCUT2D eigenvalue weighted by Crippen LogP contribution is 2.20. The number of hydrogen-bond donors (Lipinski definition) is 2. The molecule has 0 spiro atoms. The number of nitrogens with one attached hydrogen (secondary N) is 1. The zero-order chi connectivity index (χ0) is 12.9. The molecule has 0 aliphatic rings. The number of rotatable bonds is 7. The highest BCUT2D eigenvalue weighted by Gasteiger charge is 2.16. The first-order valence-electron chi connectivity index (χ1n) is 5.20. The normalized spacial score (nSPS) is 13.8. The van der Waals surface area contributed by atoms with E-state index in [1.165, 1.54) is 6.07 Å². The van der Waals surface area contributed by atoms with E-state index in [9.17, 15) is 8.42 Å². The van der Waals surface area contributed by atoms with Gasteiger partial charge in [-0.1, -0.05) is 6.92 Å². The largest absolute Gasteiger partial charge is 0.392 e. The fraction of sp³-hybridized carbons (Fsp3) is 0.600. The first-order valence-corrected chi connectivity index (χ1v) is 8.85. The van der Waals surface area contributed by atoms with Gasteiger partial charge in [0.25, 0.3) is 0 Å².